The van der Waals surface area contributed by atoms with E-state index in [0.717, 1.165) is 24.1 Å². The van der Waals surface area contributed by atoms with Crippen molar-refractivity contribution in [1.29, 1.82) is 0 Å². The number of benzene rings is 2. The molecule has 2 aromatic carbocycles. The fraction of sp³-hybridized carbons (Fsp3) is 0.417. The first-order chi connectivity index (χ1) is 14.9. The molecule has 6 heteroatoms. The molecule has 0 aliphatic heterocycles. The van der Waals surface area contributed by atoms with Gasteiger partial charge in [-0.15, -0.1) is 0 Å². The van der Waals surface area contributed by atoms with Crippen LogP contribution in [0.3, 0.4) is 0 Å². The van der Waals surface area contributed by atoms with E-state index < -0.39 is 0 Å². The molecule has 0 aliphatic rings. The number of aromatic nitrogens is 4. The predicted molar refractivity (Wildman–Crippen MR) is 132 cm³/mol. The first-order valence-electron chi connectivity index (χ1n) is 11.0. The van der Waals surface area contributed by atoms with Crippen molar-refractivity contribution in [3.63, 3.8) is 0 Å². The summed E-state index contributed by atoms with van der Waals surface area (Å²) in [4.78, 5) is 8.93. The van der Waals surface area contributed by atoms with Crippen LogP contribution in [-0.2, 0) is 13.1 Å². The molecule has 4 aromatic rings. The second kappa shape index (κ2) is 11.5. The Hall–Kier alpha value is -1.92. The molecule has 0 spiro atoms. The minimum atomic E-state index is 1.07. The molecule has 0 amide bonds. The van der Waals surface area contributed by atoms with Gasteiger partial charge >= 0.3 is 0 Å². The third-order valence-corrected chi connectivity index (χ3v) is 7.97. The van der Waals surface area contributed by atoms with E-state index in [4.69, 9.17) is 0 Å². The molecule has 158 valence electrons. The summed E-state index contributed by atoms with van der Waals surface area (Å²) in [6.45, 7) is 2.15. The lowest BCUT2D eigenvalue weighted by molar-refractivity contribution is 0.615. The van der Waals surface area contributed by atoms with Crippen molar-refractivity contribution in [1.82, 2.24) is 19.1 Å². The second-order valence-electron chi connectivity index (χ2n) is 7.62. The monoisotopic (exact) mass is 438 g/mol. The van der Waals surface area contributed by atoms with Crippen LogP contribution in [0.4, 0.5) is 0 Å². The van der Waals surface area contributed by atoms with Gasteiger partial charge in [0.25, 0.3) is 0 Å². The van der Waals surface area contributed by atoms with Crippen molar-refractivity contribution < 1.29 is 0 Å². The first kappa shape index (κ1) is 21.3. The number of fused-ring (bicyclic) bond motifs is 2. The average Bonchev–Trinajstić information content (AvgIpc) is 3.39. The summed E-state index contributed by atoms with van der Waals surface area (Å²) in [5.74, 6) is 2.52. The van der Waals surface area contributed by atoms with Gasteiger partial charge in [-0.25, -0.2) is 9.97 Å². The summed E-state index contributed by atoms with van der Waals surface area (Å²) < 4.78 is 4.56. The molecular weight excluding hydrogens is 408 g/mol. The zero-order chi connectivity index (χ0) is 20.4. The number of rotatable bonds is 13. The second-order valence-corrected chi connectivity index (χ2v) is 10.3. The van der Waals surface area contributed by atoms with Crippen molar-refractivity contribution in [2.24, 2.45) is 0 Å². The summed E-state index contributed by atoms with van der Waals surface area (Å²) in [6, 6.07) is 16.8. The number of unbranched alkanes of at least 4 members (excludes halogenated alkanes) is 4. The molecule has 0 radical (unpaired) electrons. The minimum Gasteiger partial charge on any atom is -0.331 e. The van der Waals surface area contributed by atoms with Crippen LogP contribution < -0.4 is 0 Å². The Balaban J connectivity index is 0.990. The number of imidazole rings is 2. The van der Waals surface area contributed by atoms with Crippen LogP contribution in [0.2, 0.25) is 0 Å². The van der Waals surface area contributed by atoms with Crippen LogP contribution in [0.1, 0.15) is 38.5 Å². The quantitative estimate of drug-likeness (QED) is 0.170. The van der Waals surface area contributed by atoms with E-state index in [2.05, 4.69) is 67.6 Å². The third-order valence-electron chi connectivity index (χ3n) is 5.39. The summed E-state index contributed by atoms with van der Waals surface area (Å²) in [5.41, 5.74) is 4.71. The Kier molecular flexibility index (Phi) is 8.15. The molecule has 0 unspecified atom stereocenters. The Morgan fingerprint density at radius 2 is 1.03 bits per heavy atom. The minimum absolute atomic E-state index is 1.07. The normalized spacial score (nSPS) is 11.6. The van der Waals surface area contributed by atoms with Gasteiger partial charge in [-0.3, -0.25) is 0 Å². The van der Waals surface area contributed by atoms with E-state index in [0.29, 0.717) is 0 Å². The molecule has 0 aliphatic carbocycles. The number of hydrogen-bond donors (Lipinski definition) is 0. The van der Waals surface area contributed by atoms with Gasteiger partial charge in [-0.1, -0.05) is 58.7 Å². The van der Waals surface area contributed by atoms with E-state index in [1.54, 1.807) is 0 Å². The van der Waals surface area contributed by atoms with Crippen molar-refractivity contribution >= 4 is 43.7 Å². The standard InChI is InChI=1S/C24H30N4S2/c1(7-15-27-19-25-21-11-3-5-13-23(21)27)9-17-29-30-18-10-2-8-16-28-20-26-22-12-4-6-14-24(22)28/h3-6,11-14,19-20H,1-2,7-10,15-18H2. The van der Waals surface area contributed by atoms with Gasteiger partial charge in [-0.2, -0.15) is 0 Å². The number of nitrogens with zero attached hydrogens (tertiary/aromatic N) is 4. The summed E-state index contributed by atoms with van der Waals surface area (Å²) in [5, 5.41) is 0. The van der Waals surface area contributed by atoms with Crippen LogP contribution in [-0.4, -0.2) is 30.6 Å². The van der Waals surface area contributed by atoms with E-state index >= 15 is 0 Å². The zero-order valence-electron chi connectivity index (χ0n) is 17.4. The maximum Gasteiger partial charge on any atom is 0.0958 e. The average molecular weight is 439 g/mol. The highest BCUT2D eigenvalue weighted by molar-refractivity contribution is 8.76. The molecular formula is C24H30N4S2. The van der Waals surface area contributed by atoms with E-state index in [1.165, 1.54) is 61.1 Å². The highest BCUT2D eigenvalue weighted by atomic mass is 33.1. The van der Waals surface area contributed by atoms with Gasteiger partial charge in [0.15, 0.2) is 0 Å². The Morgan fingerprint density at radius 1 is 0.567 bits per heavy atom. The van der Waals surface area contributed by atoms with Gasteiger partial charge in [-0.05, 0) is 49.9 Å². The summed E-state index contributed by atoms with van der Waals surface area (Å²) in [7, 11) is 4.09. The molecule has 4 rings (SSSR count). The van der Waals surface area contributed by atoms with E-state index in [-0.39, 0.29) is 0 Å². The van der Waals surface area contributed by atoms with Gasteiger partial charge in [0.1, 0.15) is 0 Å². The maximum atomic E-state index is 4.47. The fourth-order valence-corrected chi connectivity index (χ4v) is 6.03. The van der Waals surface area contributed by atoms with E-state index in [9.17, 15) is 0 Å². The molecule has 0 bridgehead atoms. The van der Waals surface area contributed by atoms with Gasteiger partial charge in [0, 0.05) is 24.6 Å². The van der Waals surface area contributed by atoms with Crippen molar-refractivity contribution in [2.75, 3.05) is 11.5 Å². The number of aryl methyl sites for hydroxylation is 2. The lowest BCUT2D eigenvalue weighted by atomic mass is 10.2. The van der Waals surface area contributed by atoms with Crippen molar-refractivity contribution in [2.45, 2.75) is 51.6 Å². The summed E-state index contributed by atoms with van der Waals surface area (Å²) >= 11 is 0. The third kappa shape index (κ3) is 5.82. The molecule has 0 saturated carbocycles. The first-order valence-corrected chi connectivity index (χ1v) is 13.4. The fourth-order valence-electron chi connectivity index (χ4n) is 3.73. The number of para-hydroxylation sites is 4. The van der Waals surface area contributed by atoms with Crippen LogP contribution >= 0.6 is 21.6 Å². The van der Waals surface area contributed by atoms with Crippen LogP contribution in [0.25, 0.3) is 22.1 Å². The van der Waals surface area contributed by atoms with Gasteiger partial charge in [0.05, 0.1) is 34.7 Å². The van der Waals surface area contributed by atoms with Crippen LogP contribution in [0.15, 0.2) is 61.2 Å². The predicted octanol–water partition coefficient (Wildman–Crippen LogP) is 6.81. The van der Waals surface area contributed by atoms with Crippen molar-refractivity contribution in [3.05, 3.63) is 61.2 Å². The zero-order valence-corrected chi connectivity index (χ0v) is 19.1. The molecule has 0 atom stereocenters. The molecule has 2 heterocycles. The van der Waals surface area contributed by atoms with Gasteiger partial charge in [0.2, 0.25) is 0 Å². The highest BCUT2D eigenvalue weighted by Gasteiger charge is 2.02. The molecule has 4 nitrogen and oxygen atoms in total. The molecule has 2 aromatic heterocycles. The van der Waals surface area contributed by atoms with Crippen LogP contribution in [0, 0.1) is 0 Å². The topological polar surface area (TPSA) is 35.6 Å². The van der Waals surface area contributed by atoms with Crippen molar-refractivity contribution in [3.8, 4) is 0 Å². The highest BCUT2D eigenvalue weighted by Crippen LogP contribution is 2.24. The van der Waals surface area contributed by atoms with Gasteiger partial charge < -0.3 is 9.13 Å². The molecule has 0 N–H and O–H groups in total. The Labute approximate surface area is 186 Å². The van der Waals surface area contributed by atoms with E-state index in [1.807, 2.05) is 34.2 Å². The lowest BCUT2D eigenvalue weighted by Crippen LogP contribution is -1.96. The Morgan fingerprint density at radius 3 is 1.53 bits per heavy atom. The lowest BCUT2D eigenvalue weighted by Gasteiger charge is -2.05. The molecule has 30 heavy (non-hydrogen) atoms. The SMILES string of the molecule is c1ccc2c(c1)ncn2CCCCCSSCCCCCn1cnc2ccccc21. The largest absolute Gasteiger partial charge is 0.331 e. The molecule has 0 saturated heterocycles. The molecule has 0 fully saturated rings. The smallest absolute Gasteiger partial charge is 0.0958 e. The maximum absolute atomic E-state index is 4.47. The summed E-state index contributed by atoms with van der Waals surface area (Å²) in [6.07, 6.45) is 11.6. The Bertz CT molecular complexity index is 956. The van der Waals surface area contributed by atoms with Crippen LogP contribution in [0.5, 0.6) is 0 Å². The number of hydrogen-bond acceptors (Lipinski definition) is 4.